The third-order valence-corrected chi connectivity index (χ3v) is 7.01. The summed E-state index contributed by atoms with van der Waals surface area (Å²) in [5.74, 6) is 0. The standard InChI is InChI=1S/C36H30N2/c1-37(2)31-23-25-32(26-24-31)38-35(29-19-11-5-12-20-29)33(27-15-7-3-8-16-27)34(28-17-9-4-10-18-28)36(38)30-21-13-6-14-22-30/h3-26H,1-2H3. The lowest BCUT2D eigenvalue weighted by Crippen LogP contribution is -2.08. The van der Waals surface area contributed by atoms with E-state index < -0.39 is 0 Å². The predicted molar refractivity (Wildman–Crippen MR) is 162 cm³/mol. The summed E-state index contributed by atoms with van der Waals surface area (Å²) >= 11 is 0. The van der Waals surface area contributed by atoms with Crippen LogP contribution in [0.3, 0.4) is 0 Å². The molecule has 0 N–H and O–H groups in total. The number of hydrogen-bond donors (Lipinski definition) is 0. The van der Waals surface area contributed by atoms with Crippen molar-refractivity contribution in [1.82, 2.24) is 4.57 Å². The van der Waals surface area contributed by atoms with Crippen LogP contribution in [0.1, 0.15) is 0 Å². The van der Waals surface area contributed by atoms with Crippen LogP contribution < -0.4 is 4.90 Å². The Labute approximate surface area is 225 Å². The minimum absolute atomic E-state index is 1.13. The number of hydrogen-bond acceptors (Lipinski definition) is 1. The lowest BCUT2D eigenvalue weighted by Gasteiger charge is -2.18. The van der Waals surface area contributed by atoms with Crippen LogP contribution in [0.5, 0.6) is 0 Å². The average molecular weight is 491 g/mol. The molecule has 184 valence electrons. The number of aromatic nitrogens is 1. The van der Waals surface area contributed by atoms with Gasteiger partial charge in [-0.3, -0.25) is 0 Å². The number of nitrogens with zero attached hydrogens (tertiary/aromatic N) is 2. The minimum atomic E-state index is 1.13. The van der Waals surface area contributed by atoms with E-state index in [2.05, 4.69) is 169 Å². The van der Waals surface area contributed by atoms with Crippen molar-refractivity contribution in [2.75, 3.05) is 19.0 Å². The summed E-state index contributed by atoms with van der Waals surface area (Å²) in [5, 5.41) is 0. The SMILES string of the molecule is CN(C)c1ccc(-n2c(-c3ccccc3)c(-c3ccccc3)c(-c3ccccc3)c2-c2ccccc2)cc1. The fourth-order valence-corrected chi connectivity index (χ4v) is 5.24. The highest BCUT2D eigenvalue weighted by Gasteiger charge is 2.27. The predicted octanol–water partition coefficient (Wildman–Crippen LogP) is 9.21. The van der Waals surface area contributed by atoms with Crippen molar-refractivity contribution in [3.8, 4) is 50.5 Å². The monoisotopic (exact) mass is 490 g/mol. The van der Waals surface area contributed by atoms with Gasteiger partial charge in [-0.1, -0.05) is 121 Å². The van der Waals surface area contributed by atoms with E-state index in [1.165, 1.54) is 50.5 Å². The maximum Gasteiger partial charge on any atom is 0.0619 e. The van der Waals surface area contributed by atoms with E-state index in [-0.39, 0.29) is 0 Å². The van der Waals surface area contributed by atoms with E-state index in [1.807, 2.05) is 0 Å². The highest BCUT2D eigenvalue weighted by molar-refractivity contribution is 6.03. The van der Waals surface area contributed by atoms with Gasteiger partial charge in [0.15, 0.2) is 0 Å². The fraction of sp³-hybridized carbons (Fsp3) is 0.0556. The molecule has 0 bridgehead atoms. The van der Waals surface area contributed by atoms with Gasteiger partial charge in [0.2, 0.25) is 0 Å². The van der Waals surface area contributed by atoms with Crippen LogP contribution in [-0.4, -0.2) is 18.7 Å². The van der Waals surface area contributed by atoms with Crippen LogP contribution in [-0.2, 0) is 0 Å². The first-order valence-corrected chi connectivity index (χ1v) is 13.0. The highest BCUT2D eigenvalue weighted by atomic mass is 15.1. The zero-order valence-electron chi connectivity index (χ0n) is 21.8. The lowest BCUT2D eigenvalue weighted by atomic mass is 9.91. The molecule has 0 saturated heterocycles. The van der Waals surface area contributed by atoms with Crippen molar-refractivity contribution >= 4 is 5.69 Å². The molecule has 1 heterocycles. The number of rotatable bonds is 6. The van der Waals surface area contributed by atoms with Gasteiger partial charge >= 0.3 is 0 Å². The third-order valence-electron chi connectivity index (χ3n) is 7.01. The first-order valence-electron chi connectivity index (χ1n) is 13.0. The summed E-state index contributed by atoms with van der Waals surface area (Å²) in [5.41, 5.74) is 11.9. The van der Waals surface area contributed by atoms with Crippen molar-refractivity contribution < 1.29 is 0 Å². The lowest BCUT2D eigenvalue weighted by molar-refractivity contribution is 1.08. The Morgan fingerprint density at radius 1 is 0.395 bits per heavy atom. The highest BCUT2D eigenvalue weighted by Crippen LogP contribution is 2.49. The van der Waals surface area contributed by atoms with E-state index in [9.17, 15) is 0 Å². The van der Waals surface area contributed by atoms with Crippen molar-refractivity contribution in [3.05, 3.63) is 146 Å². The van der Waals surface area contributed by atoms with Gasteiger partial charge in [0.25, 0.3) is 0 Å². The normalized spacial score (nSPS) is 10.9. The molecule has 5 aromatic carbocycles. The van der Waals surface area contributed by atoms with Crippen LogP contribution in [0.15, 0.2) is 146 Å². The Morgan fingerprint density at radius 2 is 0.737 bits per heavy atom. The molecule has 0 aliphatic heterocycles. The molecule has 38 heavy (non-hydrogen) atoms. The van der Waals surface area contributed by atoms with Crippen molar-refractivity contribution in [2.24, 2.45) is 0 Å². The molecule has 0 unspecified atom stereocenters. The quantitative estimate of drug-likeness (QED) is 0.226. The van der Waals surface area contributed by atoms with Gasteiger partial charge in [0, 0.05) is 36.6 Å². The third kappa shape index (κ3) is 4.31. The number of benzene rings is 5. The van der Waals surface area contributed by atoms with Crippen molar-refractivity contribution in [3.63, 3.8) is 0 Å². The number of anilines is 1. The van der Waals surface area contributed by atoms with E-state index in [0.717, 1.165) is 5.69 Å². The molecule has 6 aromatic rings. The maximum absolute atomic E-state index is 2.45. The van der Waals surface area contributed by atoms with Gasteiger partial charge in [-0.05, 0) is 46.5 Å². The van der Waals surface area contributed by atoms with Crippen LogP contribution in [0.25, 0.3) is 50.5 Å². The van der Waals surface area contributed by atoms with Crippen LogP contribution in [0, 0.1) is 0 Å². The van der Waals surface area contributed by atoms with Crippen molar-refractivity contribution in [2.45, 2.75) is 0 Å². The topological polar surface area (TPSA) is 8.17 Å². The summed E-state index contributed by atoms with van der Waals surface area (Å²) in [6, 6.07) is 52.0. The van der Waals surface area contributed by atoms with Gasteiger partial charge in [-0.25, -0.2) is 0 Å². The second-order valence-corrected chi connectivity index (χ2v) is 9.66. The Bertz CT molecular complexity index is 1530. The smallest absolute Gasteiger partial charge is 0.0619 e. The molecular formula is C36H30N2. The zero-order chi connectivity index (χ0) is 25.9. The Hall–Kier alpha value is -4.82. The molecule has 6 rings (SSSR count). The van der Waals surface area contributed by atoms with E-state index in [4.69, 9.17) is 0 Å². The summed E-state index contributed by atoms with van der Waals surface area (Å²) in [7, 11) is 4.16. The van der Waals surface area contributed by atoms with E-state index in [0.29, 0.717) is 0 Å². The van der Waals surface area contributed by atoms with Gasteiger partial charge in [0.1, 0.15) is 0 Å². The maximum atomic E-state index is 2.45. The van der Waals surface area contributed by atoms with Crippen LogP contribution in [0.4, 0.5) is 5.69 Å². The molecule has 0 saturated carbocycles. The average Bonchev–Trinajstić information content (AvgIpc) is 3.35. The second kappa shape index (κ2) is 10.3. The summed E-state index contributed by atoms with van der Waals surface area (Å²) < 4.78 is 2.45. The second-order valence-electron chi connectivity index (χ2n) is 9.66. The molecule has 2 nitrogen and oxygen atoms in total. The molecule has 0 spiro atoms. The Balaban J connectivity index is 1.82. The molecule has 0 fully saturated rings. The van der Waals surface area contributed by atoms with Gasteiger partial charge in [-0.2, -0.15) is 0 Å². The molecule has 0 amide bonds. The molecule has 0 atom stereocenters. The largest absolute Gasteiger partial charge is 0.378 e. The summed E-state index contributed by atoms with van der Waals surface area (Å²) in [6.45, 7) is 0. The van der Waals surface area contributed by atoms with Gasteiger partial charge in [-0.15, -0.1) is 0 Å². The minimum Gasteiger partial charge on any atom is -0.378 e. The summed E-state index contributed by atoms with van der Waals surface area (Å²) in [6.07, 6.45) is 0. The molecule has 2 heteroatoms. The first kappa shape index (κ1) is 23.6. The molecule has 1 aromatic heterocycles. The Morgan fingerprint density at radius 3 is 1.08 bits per heavy atom. The van der Waals surface area contributed by atoms with Crippen LogP contribution >= 0.6 is 0 Å². The van der Waals surface area contributed by atoms with Gasteiger partial charge < -0.3 is 9.47 Å². The van der Waals surface area contributed by atoms with Crippen LogP contribution in [0.2, 0.25) is 0 Å². The van der Waals surface area contributed by atoms with E-state index >= 15 is 0 Å². The summed E-state index contributed by atoms with van der Waals surface area (Å²) in [4.78, 5) is 2.14. The first-order chi connectivity index (χ1) is 18.7. The van der Waals surface area contributed by atoms with Crippen molar-refractivity contribution in [1.29, 1.82) is 0 Å². The molecule has 0 aliphatic carbocycles. The Kier molecular flexibility index (Phi) is 6.37. The molecular weight excluding hydrogens is 460 g/mol. The molecule has 0 aliphatic rings. The van der Waals surface area contributed by atoms with E-state index in [1.54, 1.807) is 0 Å². The fourth-order valence-electron chi connectivity index (χ4n) is 5.24. The van der Waals surface area contributed by atoms with Gasteiger partial charge in [0.05, 0.1) is 11.4 Å². The molecule has 0 radical (unpaired) electrons. The zero-order valence-corrected chi connectivity index (χ0v) is 21.8.